The van der Waals surface area contributed by atoms with E-state index in [1.807, 2.05) is 0 Å². The van der Waals surface area contributed by atoms with Gasteiger partial charge in [0.1, 0.15) is 0 Å². The van der Waals surface area contributed by atoms with Gasteiger partial charge in [-0.25, -0.2) is 0 Å². The first-order valence-electron chi connectivity index (χ1n) is 6.59. The van der Waals surface area contributed by atoms with Crippen LogP contribution in [-0.4, -0.2) is 38.8 Å². The minimum absolute atomic E-state index is 0.0478. The number of methoxy groups -OCH3 is 3. The van der Waals surface area contributed by atoms with Crippen LogP contribution in [0.4, 0.5) is 5.69 Å². The smallest absolute Gasteiger partial charge is 0.269 e. The third kappa shape index (κ3) is 3.38. The van der Waals surface area contributed by atoms with Gasteiger partial charge in [0.05, 0.1) is 11.0 Å². The van der Waals surface area contributed by atoms with Crippen molar-refractivity contribution >= 4 is 5.69 Å². The molecule has 21 heavy (non-hydrogen) atoms. The van der Waals surface area contributed by atoms with E-state index in [0.717, 1.165) is 5.56 Å². The van der Waals surface area contributed by atoms with E-state index in [4.69, 9.17) is 18.9 Å². The third-order valence-electron chi connectivity index (χ3n) is 3.66. The predicted molar refractivity (Wildman–Crippen MR) is 73.6 cm³/mol. The van der Waals surface area contributed by atoms with Crippen LogP contribution in [0.15, 0.2) is 24.3 Å². The molecule has 0 spiro atoms. The zero-order valence-electron chi connectivity index (χ0n) is 12.2. The van der Waals surface area contributed by atoms with Crippen molar-refractivity contribution in [3.63, 3.8) is 0 Å². The molecule has 1 saturated heterocycles. The predicted octanol–water partition coefficient (Wildman–Crippen LogP) is 2.26. The summed E-state index contributed by atoms with van der Waals surface area (Å²) in [7, 11) is 4.72. The standard InChI is InChI=1S/C14H19NO6/c1-18-12-8-11(14(19-2)20-3)13(21-12)9-4-6-10(7-5-9)15(16)17/h4-7,11-14H,8H2,1-3H3/t11-,12?,13-/m0/s1. The molecule has 1 aliphatic rings. The lowest BCUT2D eigenvalue weighted by molar-refractivity contribution is -0.384. The number of nitrogens with zero attached hydrogens (tertiary/aromatic N) is 1. The molecule has 7 nitrogen and oxygen atoms in total. The Morgan fingerprint density at radius 3 is 2.33 bits per heavy atom. The van der Waals surface area contributed by atoms with Crippen molar-refractivity contribution in [3.05, 3.63) is 39.9 Å². The van der Waals surface area contributed by atoms with Crippen LogP contribution in [0, 0.1) is 16.0 Å². The second kappa shape index (κ2) is 6.95. The Morgan fingerprint density at radius 2 is 1.86 bits per heavy atom. The number of non-ortho nitro benzene ring substituents is 1. The summed E-state index contributed by atoms with van der Waals surface area (Å²) >= 11 is 0. The number of ether oxygens (including phenoxy) is 4. The number of rotatable bonds is 6. The van der Waals surface area contributed by atoms with Gasteiger partial charge in [0.25, 0.3) is 5.69 Å². The SMILES string of the molecule is COC1C[C@H](C(OC)OC)[C@H](c2ccc([N+](=O)[O-])cc2)O1. The van der Waals surface area contributed by atoms with Gasteiger partial charge in [-0.15, -0.1) is 0 Å². The Kier molecular flexibility index (Phi) is 5.24. The average molecular weight is 297 g/mol. The first-order valence-corrected chi connectivity index (χ1v) is 6.59. The summed E-state index contributed by atoms with van der Waals surface area (Å²) in [4.78, 5) is 10.3. The van der Waals surface area contributed by atoms with Gasteiger partial charge in [-0.3, -0.25) is 10.1 Å². The molecule has 0 saturated carbocycles. The maximum absolute atomic E-state index is 10.7. The summed E-state index contributed by atoms with van der Waals surface area (Å²) in [5.41, 5.74) is 0.885. The Hall–Kier alpha value is -1.54. The van der Waals surface area contributed by atoms with Gasteiger partial charge in [0, 0.05) is 45.8 Å². The fraction of sp³-hybridized carbons (Fsp3) is 0.571. The van der Waals surface area contributed by atoms with Gasteiger partial charge in [-0.2, -0.15) is 0 Å². The maximum atomic E-state index is 10.7. The quantitative estimate of drug-likeness (QED) is 0.455. The Labute approximate surface area is 122 Å². The second-order valence-corrected chi connectivity index (χ2v) is 4.81. The van der Waals surface area contributed by atoms with E-state index in [0.29, 0.717) is 6.42 Å². The molecule has 0 radical (unpaired) electrons. The van der Waals surface area contributed by atoms with Crippen LogP contribution in [0.5, 0.6) is 0 Å². The van der Waals surface area contributed by atoms with Crippen molar-refractivity contribution in [2.24, 2.45) is 5.92 Å². The average Bonchev–Trinajstić information content (AvgIpc) is 2.93. The lowest BCUT2D eigenvalue weighted by Crippen LogP contribution is -2.27. The fourth-order valence-electron chi connectivity index (χ4n) is 2.63. The summed E-state index contributed by atoms with van der Waals surface area (Å²) in [5.74, 6) is -0.0496. The molecule has 0 aliphatic carbocycles. The van der Waals surface area contributed by atoms with Gasteiger partial charge in [0.2, 0.25) is 0 Å². The van der Waals surface area contributed by atoms with Crippen LogP contribution in [0.1, 0.15) is 18.1 Å². The minimum atomic E-state index is -0.429. The van der Waals surface area contributed by atoms with Crippen molar-refractivity contribution < 1.29 is 23.9 Å². The van der Waals surface area contributed by atoms with E-state index >= 15 is 0 Å². The molecule has 7 heteroatoms. The Morgan fingerprint density at radius 1 is 1.24 bits per heavy atom. The Bertz CT molecular complexity index is 473. The van der Waals surface area contributed by atoms with Crippen molar-refractivity contribution in [1.29, 1.82) is 0 Å². The number of nitro groups is 1. The molecule has 0 bridgehead atoms. The van der Waals surface area contributed by atoms with Gasteiger partial charge in [-0.1, -0.05) is 0 Å². The summed E-state index contributed by atoms with van der Waals surface area (Å²) in [6.45, 7) is 0. The van der Waals surface area contributed by atoms with Gasteiger partial charge < -0.3 is 18.9 Å². The normalized spacial score (nSPS) is 25.4. The van der Waals surface area contributed by atoms with Crippen LogP contribution in [0.25, 0.3) is 0 Å². The number of hydrogen-bond acceptors (Lipinski definition) is 6. The summed E-state index contributed by atoms with van der Waals surface area (Å²) in [6.07, 6.45) is -0.432. The third-order valence-corrected chi connectivity index (χ3v) is 3.66. The highest BCUT2D eigenvalue weighted by molar-refractivity contribution is 5.34. The van der Waals surface area contributed by atoms with Crippen molar-refractivity contribution in [3.8, 4) is 0 Å². The first kappa shape index (κ1) is 15.8. The van der Waals surface area contributed by atoms with Crippen LogP contribution < -0.4 is 0 Å². The molecule has 116 valence electrons. The lowest BCUT2D eigenvalue weighted by atomic mass is 9.94. The monoisotopic (exact) mass is 297 g/mol. The van der Waals surface area contributed by atoms with Crippen molar-refractivity contribution in [1.82, 2.24) is 0 Å². The fourth-order valence-corrected chi connectivity index (χ4v) is 2.63. The van der Waals surface area contributed by atoms with E-state index in [1.54, 1.807) is 33.5 Å². The summed E-state index contributed by atoms with van der Waals surface area (Å²) in [6, 6.07) is 6.31. The minimum Gasteiger partial charge on any atom is -0.356 e. The zero-order chi connectivity index (χ0) is 15.4. The van der Waals surface area contributed by atoms with Crippen LogP contribution >= 0.6 is 0 Å². The largest absolute Gasteiger partial charge is 0.356 e. The van der Waals surface area contributed by atoms with Crippen LogP contribution in [0.2, 0.25) is 0 Å². The maximum Gasteiger partial charge on any atom is 0.269 e. The number of benzene rings is 1. The molecule has 1 aliphatic heterocycles. The van der Waals surface area contributed by atoms with Crippen molar-refractivity contribution in [2.45, 2.75) is 25.1 Å². The van der Waals surface area contributed by atoms with Crippen molar-refractivity contribution in [2.75, 3.05) is 21.3 Å². The zero-order valence-corrected chi connectivity index (χ0v) is 12.2. The summed E-state index contributed by atoms with van der Waals surface area (Å²) < 4.78 is 21.7. The van der Waals surface area contributed by atoms with Crippen LogP contribution in [-0.2, 0) is 18.9 Å². The van der Waals surface area contributed by atoms with E-state index in [2.05, 4.69) is 0 Å². The van der Waals surface area contributed by atoms with E-state index in [1.165, 1.54) is 12.1 Å². The topological polar surface area (TPSA) is 80.1 Å². The molecule has 3 atom stereocenters. The molecule has 1 aromatic rings. The Balaban J connectivity index is 2.23. The molecular weight excluding hydrogens is 278 g/mol. The molecule has 1 unspecified atom stereocenters. The van der Waals surface area contributed by atoms with E-state index in [9.17, 15) is 10.1 Å². The van der Waals surface area contributed by atoms with Gasteiger partial charge >= 0.3 is 0 Å². The number of hydrogen-bond donors (Lipinski definition) is 0. The first-order chi connectivity index (χ1) is 10.1. The molecule has 1 fully saturated rings. The highest BCUT2D eigenvalue weighted by atomic mass is 16.7. The van der Waals surface area contributed by atoms with Crippen LogP contribution in [0.3, 0.4) is 0 Å². The number of nitro benzene ring substituents is 1. The van der Waals surface area contributed by atoms with E-state index < -0.39 is 11.2 Å². The second-order valence-electron chi connectivity index (χ2n) is 4.81. The molecule has 0 N–H and O–H groups in total. The van der Waals surface area contributed by atoms with Gasteiger partial charge in [0.15, 0.2) is 12.6 Å². The highest BCUT2D eigenvalue weighted by Crippen LogP contribution is 2.41. The molecule has 1 heterocycles. The lowest BCUT2D eigenvalue weighted by Gasteiger charge is -2.25. The van der Waals surface area contributed by atoms with Gasteiger partial charge in [-0.05, 0) is 17.7 Å². The molecule has 1 aromatic carbocycles. The summed E-state index contributed by atoms with van der Waals surface area (Å²) in [5, 5.41) is 10.7. The highest BCUT2D eigenvalue weighted by Gasteiger charge is 2.41. The molecule has 0 amide bonds. The molecular formula is C14H19NO6. The molecule has 2 rings (SSSR count). The molecule has 0 aromatic heterocycles. The van der Waals surface area contributed by atoms with E-state index in [-0.39, 0.29) is 24.0 Å².